The largest absolute Gasteiger partial charge is 0.489 e. The van der Waals surface area contributed by atoms with Gasteiger partial charge in [0.2, 0.25) is 0 Å². The van der Waals surface area contributed by atoms with Crippen molar-refractivity contribution in [2.45, 2.75) is 46.8 Å². The van der Waals surface area contributed by atoms with Gasteiger partial charge in [0, 0.05) is 11.6 Å². The van der Waals surface area contributed by atoms with Gasteiger partial charge in [0.15, 0.2) is 0 Å². The minimum Gasteiger partial charge on any atom is -0.489 e. The minimum atomic E-state index is 0.449. The van der Waals surface area contributed by atoms with Crippen LogP contribution in [0.15, 0.2) is 60.1 Å². The van der Waals surface area contributed by atoms with Crippen LogP contribution in [-0.2, 0) is 11.3 Å². The van der Waals surface area contributed by atoms with E-state index in [1.54, 1.807) is 0 Å². The Morgan fingerprint density at radius 2 is 1.50 bits per heavy atom. The molecule has 0 radical (unpaired) electrons. The van der Waals surface area contributed by atoms with Crippen molar-refractivity contribution in [2.24, 2.45) is 4.99 Å². The van der Waals surface area contributed by atoms with Crippen molar-refractivity contribution < 1.29 is 4.74 Å². The Kier molecular flexibility index (Phi) is 8.56. The standard InChI is InChI=1S/C17H18O.C5H11N/c1-13-4-8-16(9-5-13)12-18-15(3)17-10-6-14(2)7-11-17;1-4-5(2)6-3/h4-11H,3,12H2,1-2H3;5H,3-4H2,1-2H3/t;5-/m.1/s1. The summed E-state index contributed by atoms with van der Waals surface area (Å²) in [4.78, 5) is 3.76. The quantitative estimate of drug-likeness (QED) is 0.473. The Labute approximate surface area is 146 Å². The maximum absolute atomic E-state index is 5.70. The first-order chi connectivity index (χ1) is 11.5. The van der Waals surface area contributed by atoms with E-state index in [1.807, 2.05) is 19.1 Å². The molecule has 0 heterocycles. The van der Waals surface area contributed by atoms with Gasteiger partial charge in [-0.1, -0.05) is 73.2 Å². The molecule has 128 valence electrons. The molecule has 2 nitrogen and oxygen atoms in total. The maximum Gasteiger partial charge on any atom is 0.119 e. The molecule has 0 spiro atoms. The second-order valence-electron chi connectivity index (χ2n) is 6.00. The third-order valence-corrected chi connectivity index (χ3v) is 3.81. The number of hydrogen-bond acceptors (Lipinski definition) is 2. The Morgan fingerprint density at radius 1 is 1.00 bits per heavy atom. The minimum absolute atomic E-state index is 0.449. The number of hydrogen-bond donors (Lipinski definition) is 0. The summed E-state index contributed by atoms with van der Waals surface area (Å²) in [6.45, 7) is 16.2. The molecule has 0 aromatic heterocycles. The maximum atomic E-state index is 5.70. The third kappa shape index (κ3) is 7.28. The van der Waals surface area contributed by atoms with Gasteiger partial charge in [-0.15, -0.1) is 0 Å². The van der Waals surface area contributed by atoms with E-state index in [4.69, 9.17) is 4.74 Å². The lowest BCUT2D eigenvalue weighted by atomic mass is 10.1. The molecule has 0 saturated carbocycles. The predicted octanol–water partition coefficient (Wildman–Crippen LogP) is 5.98. The summed E-state index contributed by atoms with van der Waals surface area (Å²) in [6, 6.07) is 17.0. The van der Waals surface area contributed by atoms with Gasteiger partial charge in [0.25, 0.3) is 0 Å². The van der Waals surface area contributed by atoms with Crippen LogP contribution >= 0.6 is 0 Å². The molecule has 2 aromatic rings. The van der Waals surface area contributed by atoms with Crippen molar-refractivity contribution in [1.29, 1.82) is 0 Å². The monoisotopic (exact) mass is 323 g/mol. The van der Waals surface area contributed by atoms with Gasteiger partial charge < -0.3 is 4.74 Å². The van der Waals surface area contributed by atoms with Gasteiger partial charge in [-0.3, -0.25) is 4.99 Å². The van der Waals surface area contributed by atoms with Crippen LogP contribution in [0.2, 0.25) is 0 Å². The second-order valence-corrected chi connectivity index (χ2v) is 6.00. The van der Waals surface area contributed by atoms with E-state index in [9.17, 15) is 0 Å². The normalized spacial score (nSPS) is 11.0. The summed E-state index contributed by atoms with van der Waals surface area (Å²) in [7, 11) is 0. The molecule has 0 bridgehead atoms. The molecule has 0 unspecified atom stereocenters. The molecule has 0 saturated heterocycles. The summed E-state index contributed by atoms with van der Waals surface area (Å²) < 4.78 is 5.70. The molecule has 0 aliphatic rings. The Morgan fingerprint density at radius 3 is 1.92 bits per heavy atom. The van der Waals surface area contributed by atoms with Crippen LogP contribution in [0.3, 0.4) is 0 Å². The highest BCUT2D eigenvalue weighted by Gasteiger charge is 2.00. The summed E-state index contributed by atoms with van der Waals surface area (Å²) in [5.74, 6) is 0.718. The predicted molar refractivity (Wildman–Crippen MR) is 105 cm³/mol. The number of aliphatic imine (C=N–C) groups is 1. The van der Waals surface area contributed by atoms with Crippen LogP contribution in [0.5, 0.6) is 0 Å². The zero-order chi connectivity index (χ0) is 17.9. The molecule has 0 amide bonds. The van der Waals surface area contributed by atoms with Gasteiger partial charge in [-0.25, -0.2) is 0 Å². The lowest BCUT2D eigenvalue weighted by molar-refractivity contribution is 0.265. The van der Waals surface area contributed by atoms with Gasteiger partial charge in [-0.05, 0) is 39.5 Å². The van der Waals surface area contributed by atoms with Gasteiger partial charge in [-0.2, -0.15) is 0 Å². The highest BCUT2D eigenvalue weighted by atomic mass is 16.5. The Hall–Kier alpha value is -2.35. The molecule has 0 aliphatic heterocycles. The van der Waals surface area contributed by atoms with Crippen molar-refractivity contribution >= 4 is 12.5 Å². The van der Waals surface area contributed by atoms with Crippen molar-refractivity contribution in [3.63, 3.8) is 0 Å². The number of ether oxygens (including phenoxy) is 1. The van der Waals surface area contributed by atoms with E-state index >= 15 is 0 Å². The van der Waals surface area contributed by atoms with Crippen molar-refractivity contribution in [3.8, 4) is 0 Å². The number of nitrogens with zero attached hydrogens (tertiary/aromatic N) is 1. The van der Waals surface area contributed by atoms with Crippen LogP contribution in [0, 0.1) is 13.8 Å². The van der Waals surface area contributed by atoms with Crippen LogP contribution < -0.4 is 0 Å². The second kappa shape index (κ2) is 10.4. The Bertz CT molecular complexity index is 626. The average molecular weight is 323 g/mol. The fraction of sp³-hybridized carbons (Fsp3) is 0.318. The topological polar surface area (TPSA) is 21.6 Å². The number of aryl methyl sites for hydroxylation is 2. The van der Waals surface area contributed by atoms with E-state index in [1.165, 1.54) is 11.1 Å². The van der Waals surface area contributed by atoms with Crippen LogP contribution in [0.1, 0.15) is 42.5 Å². The lowest BCUT2D eigenvalue weighted by Gasteiger charge is -2.09. The summed E-state index contributed by atoms with van der Waals surface area (Å²) in [6.07, 6.45) is 1.10. The molecule has 1 atom stereocenters. The van der Waals surface area contributed by atoms with Gasteiger partial charge in [0.05, 0.1) is 0 Å². The molecule has 2 heteroatoms. The van der Waals surface area contributed by atoms with E-state index in [0.717, 1.165) is 23.3 Å². The highest BCUT2D eigenvalue weighted by molar-refractivity contribution is 5.57. The molecular formula is C22H29NO. The third-order valence-electron chi connectivity index (χ3n) is 3.81. The Balaban J connectivity index is 0.000000413. The van der Waals surface area contributed by atoms with Crippen LogP contribution in [-0.4, -0.2) is 12.8 Å². The van der Waals surface area contributed by atoms with Crippen molar-refractivity contribution in [2.75, 3.05) is 0 Å². The first kappa shape index (κ1) is 19.7. The summed E-state index contributed by atoms with van der Waals surface area (Å²) in [5.41, 5.74) is 4.70. The van der Waals surface area contributed by atoms with Crippen LogP contribution in [0.4, 0.5) is 0 Å². The summed E-state index contributed by atoms with van der Waals surface area (Å²) >= 11 is 0. The van der Waals surface area contributed by atoms with Crippen molar-refractivity contribution in [1.82, 2.24) is 0 Å². The SMILES string of the molecule is C=C(OCc1ccc(C)cc1)c1ccc(C)cc1.C=N[C@H](C)CC. The number of benzene rings is 2. The summed E-state index contributed by atoms with van der Waals surface area (Å²) in [5, 5.41) is 0. The molecule has 24 heavy (non-hydrogen) atoms. The molecule has 0 fully saturated rings. The van der Waals surface area contributed by atoms with E-state index in [2.05, 4.69) is 75.5 Å². The van der Waals surface area contributed by atoms with Crippen LogP contribution in [0.25, 0.3) is 5.76 Å². The lowest BCUT2D eigenvalue weighted by Crippen LogP contribution is -1.93. The zero-order valence-corrected chi connectivity index (χ0v) is 15.4. The fourth-order valence-electron chi connectivity index (χ4n) is 1.81. The first-order valence-electron chi connectivity index (χ1n) is 8.36. The molecule has 0 aliphatic carbocycles. The molecule has 2 aromatic carbocycles. The highest BCUT2D eigenvalue weighted by Crippen LogP contribution is 2.16. The van der Waals surface area contributed by atoms with Gasteiger partial charge in [0.1, 0.15) is 12.4 Å². The molecule has 0 N–H and O–H groups in total. The average Bonchev–Trinajstić information content (AvgIpc) is 2.61. The molecular weight excluding hydrogens is 294 g/mol. The van der Waals surface area contributed by atoms with E-state index in [0.29, 0.717) is 12.6 Å². The smallest absolute Gasteiger partial charge is 0.119 e. The van der Waals surface area contributed by atoms with Crippen molar-refractivity contribution in [3.05, 3.63) is 77.4 Å². The molecule has 2 rings (SSSR count). The van der Waals surface area contributed by atoms with E-state index < -0.39 is 0 Å². The number of rotatable bonds is 6. The first-order valence-corrected chi connectivity index (χ1v) is 8.36. The zero-order valence-electron chi connectivity index (χ0n) is 15.4. The van der Waals surface area contributed by atoms with E-state index in [-0.39, 0.29) is 0 Å². The van der Waals surface area contributed by atoms with Gasteiger partial charge >= 0.3 is 0 Å². The fourth-order valence-corrected chi connectivity index (χ4v) is 1.81.